The number of oxazole rings is 1. The van der Waals surface area contributed by atoms with E-state index in [1.54, 1.807) is 0 Å². The molecule has 1 heterocycles. The zero-order chi connectivity index (χ0) is 8.10. The molecule has 11 heavy (non-hydrogen) atoms. The summed E-state index contributed by atoms with van der Waals surface area (Å²) in [5.74, 6) is 0.870. The summed E-state index contributed by atoms with van der Waals surface area (Å²) in [6, 6.07) is 0. The van der Waals surface area contributed by atoms with E-state index in [0.29, 0.717) is 6.54 Å². The van der Waals surface area contributed by atoms with E-state index in [1.807, 2.05) is 6.92 Å². The van der Waals surface area contributed by atoms with E-state index in [-0.39, 0.29) is 0 Å². The number of aryl methyl sites for hydroxylation is 1. The molecular weight excluding hydrogens is 142 g/mol. The predicted molar refractivity (Wildman–Crippen MR) is 42.0 cm³/mol. The number of nitrogens with one attached hydrogen (secondary N) is 1. The second-order valence-electron chi connectivity index (χ2n) is 2.32. The molecule has 0 amide bonds. The van der Waals surface area contributed by atoms with Crippen LogP contribution in [0.3, 0.4) is 0 Å². The van der Waals surface area contributed by atoms with Crippen molar-refractivity contribution in [2.75, 3.05) is 13.1 Å². The third kappa shape index (κ3) is 2.32. The van der Waals surface area contributed by atoms with E-state index in [2.05, 4.69) is 10.3 Å². The van der Waals surface area contributed by atoms with Gasteiger partial charge in [0, 0.05) is 19.6 Å². The molecule has 1 aromatic rings. The topological polar surface area (TPSA) is 64.1 Å². The first-order valence-corrected chi connectivity index (χ1v) is 3.64. The molecule has 0 aromatic carbocycles. The SMILES string of the molecule is Cc1ocnc1CNCCN. The Labute approximate surface area is 65.8 Å². The van der Waals surface area contributed by atoms with Crippen LogP contribution in [-0.2, 0) is 6.54 Å². The van der Waals surface area contributed by atoms with Crippen molar-refractivity contribution < 1.29 is 4.42 Å². The van der Waals surface area contributed by atoms with Gasteiger partial charge in [0.2, 0.25) is 0 Å². The molecule has 0 bridgehead atoms. The first-order chi connectivity index (χ1) is 5.34. The Morgan fingerprint density at radius 2 is 2.55 bits per heavy atom. The zero-order valence-electron chi connectivity index (χ0n) is 6.63. The van der Waals surface area contributed by atoms with Crippen LogP contribution in [0.5, 0.6) is 0 Å². The minimum atomic E-state index is 0.650. The second-order valence-corrected chi connectivity index (χ2v) is 2.32. The lowest BCUT2D eigenvalue weighted by molar-refractivity contribution is 0.522. The van der Waals surface area contributed by atoms with Crippen molar-refractivity contribution >= 4 is 0 Å². The maximum absolute atomic E-state index is 5.30. The van der Waals surface area contributed by atoms with Crippen molar-refractivity contribution in [1.29, 1.82) is 0 Å². The van der Waals surface area contributed by atoms with Gasteiger partial charge in [0.25, 0.3) is 0 Å². The maximum atomic E-state index is 5.30. The Morgan fingerprint density at radius 1 is 1.73 bits per heavy atom. The van der Waals surface area contributed by atoms with Crippen LogP contribution in [0, 0.1) is 6.92 Å². The van der Waals surface area contributed by atoms with Gasteiger partial charge >= 0.3 is 0 Å². The minimum Gasteiger partial charge on any atom is -0.448 e. The number of rotatable bonds is 4. The summed E-state index contributed by atoms with van der Waals surface area (Å²) in [6.45, 7) is 4.09. The first kappa shape index (κ1) is 8.23. The van der Waals surface area contributed by atoms with E-state index >= 15 is 0 Å². The van der Waals surface area contributed by atoms with Crippen LogP contribution in [0.25, 0.3) is 0 Å². The van der Waals surface area contributed by atoms with Crippen LogP contribution in [0.2, 0.25) is 0 Å². The van der Waals surface area contributed by atoms with Gasteiger partial charge < -0.3 is 15.5 Å². The number of nitrogens with two attached hydrogens (primary N) is 1. The van der Waals surface area contributed by atoms with Gasteiger partial charge in [-0.1, -0.05) is 0 Å². The molecule has 1 aromatic heterocycles. The molecule has 0 unspecified atom stereocenters. The van der Waals surface area contributed by atoms with Gasteiger partial charge in [-0.05, 0) is 6.92 Å². The average molecular weight is 155 g/mol. The summed E-state index contributed by atoms with van der Waals surface area (Å²) >= 11 is 0. The van der Waals surface area contributed by atoms with E-state index in [9.17, 15) is 0 Å². The van der Waals surface area contributed by atoms with Crippen molar-refractivity contribution in [3.05, 3.63) is 17.8 Å². The smallest absolute Gasteiger partial charge is 0.181 e. The molecule has 0 saturated heterocycles. The molecule has 0 radical (unpaired) electrons. The number of aromatic nitrogens is 1. The first-order valence-electron chi connectivity index (χ1n) is 3.64. The number of hydrogen-bond acceptors (Lipinski definition) is 4. The van der Waals surface area contributed by atoms with E-state index in [0.717, 1.165) is 24.5 Å². The van der Waals surface area contributed by atoms with Crippen molar-refractivity contribution in [3.8, 4) is 0 Å². The molecular formula is C7H13N3O. The fourth-order valence-corrected chi connectivity index (χ4v) is 0.807. The van der Waals surface area contributed by atoms with Crippen molar-refractivity contribution in [2.24, 2.45) is 5.73 Å². The summed E-state index contributed by atoms with van der Waals surface area (Å²) in [6.07, 6.45) is 1.45. The van der Waals surface area contributed by atoms with Gasteiger partial charge in [-0.25, -0.2) is 4.98 Å². The molecule has 0 spiro atoms. The van der Waals surface area contributed by atoms with Gasteiger partial charge in [-0.3, -0.25) is 0 Å². The average Bonchev–Trinajstić information content (AvgIpc) is 2.37. The molecule has 0 atom stereocenters. The van der Waals surface area contributed by atoms with Crippen LogP contribution < -0.4 is 11.1 Å². The Balaban J connectivity index is 2.32. The van der Waals surface area contributed by atoms with Crippen LogP contribution >= 0.6 is 0 Å². The van der Waals surface area contributed by atoms with Crippen molar-refractivity contribution in [1.82, 2.24) is 10.3 Å². The van der Waals surface area contributed by atoms with Crippen LogP contribution in [0.1, 0.15) is 11.5 Å². The van der Waals surface area contributed by atoms with Gasteiger partial charge in [0.05, 0.1) is 5.69 Å². The van der Waals surface area contributed by atoms with Crippen molar-refractivity contribution in [2.45, 2.75) is 13.5 Å². The molecule has 0 aliphatic heterocycles. The minimum absolute atomic E-state index is 0.650. The maximum Gasteiger partial charge on any atom is 0.181 e. The van der Waals surface area contributed by atoms with Crippen LogP contribution in [0.4, 0.5) is 0 Å². The van der Waals surface area contributed by atoms with Gasteiger partial charge in [0.15, 0.2) is 6.39 Å². The summed E-state index contributed by atoms with van der Waals surface area (Å²) in [5, 5.41) is 3.13. The third-order valence-electron chi connectivity index (χ3n) is 1.46. The second kappa shape index (κ2) is 4.10. The Hall–Kier alpha value is -0.870. The van der Waals surface area contributed by atoms with Crippen molar-refractivity contribution in [3.63, 3.8) is 0 Å². The molecule has 0 saturated carbocycles. The Kier molecular flexibility index (Phi) is 3.07. The zero-order valence-corrected chi connectivity index (χ0v) is 6.63. The Morgan fingerprint density at radius 3 is 3.09 bits per heavy atom. The number of hydrogen-bond donors (Lipinski definition) is 2. The standard InChI is InChI=1S/C7H13N3O/c1-6-7(10-5-11-6)4-9-3-2-8/h5,9H,2-4,8H2,1H3. The quantitative estimate of drug-likeness (QED) is 0.602. The summed E-state index contributed by atoms with van der Waals surface area (Å²) < 4.78 is 5.01. The predicted octanol–water partition coefficient (Wildman–Crippen LogP) is 0.0313. The lowest BCUT2D eigenvalue weighted by Crippen LogP contribution is -2.22. The molecule has 0 aliphatic rings. The summed E-state index contributed by atoms with van der Waals surface area (Å²) in [7, 11) is 0. The highest BCUT2D eigenvalue weighted by Crippen LogP contribution is 2.02. The van der Waals surface area contributed by atoms with Gasteiger partial charge in [0.1, 0.15) is 5.76 Å². The lowest BCUT2D eigenvalue weighted by atomic mass is 10.3. The molecule has 62 valence electrons. The fourth-order valence-electron chi connectivity index (χ4n) is 0.807. The summed E-state index contributed by atoms with van der Waals surface area (Å²) in [4.78, 5) is 4.02. The monoisotopic (exact) mass is 155 g/mol. The molecule has 3 N–H and O–H groups in total. The highest BCUT2D eigenvalue weighted by atomic mass is 16.3. The largest absolute Gasteiger partial charge is 0.448 e. The molecule has 0 fully saturated rings. The normalized spacial score (nSPS) is 10.4. The highest BCUT2D eigenvalue weighted by Gasteiger charge is 2.00. The third-order valence-corrected chi connectivity index (χ3v) is 1.46. The fraction of sp³-hybridized carbons (Fsp3) is 0.571. The van der Waals surface area contributed by atoms with E-state index < -0.39 is 0 Å². The number of nitrogens with zero attached hydrogens (tertiary/aromatic N) is 1. The van der Waals surface area contributed by atoms with E-state index in [4.69, 9.17) is 10.2 Å². The molecule has 4 nitrogen and oxygen atoms in total. The molecule has 4 heteroatoms. The van der Waals surface area contributed by atoms with Gasteiger partial charge in [-0.2, -0.15) is 0 Å². The molecule has 0 aliphatic carbocycles. The highest BCUT2D eigenvalue weighted by molar-refractivity contribution is 5.03. The van der Waals surface area contributed by atoms with Crippen LogP contribution in [-0.4, -0.2) is 18.1 Å². The summed E-state index contributed by atoms with van der Waals surface area (Å²) in [5.41, 5.74) is 6.26. The van der Waals surface area contributed by atoms with Crippen LogP contribution in [0.15, 0.2) is 10.8 Å². The van der Waals surface area contributed by atoms with Gasteiger partial charge in [-0.15, -0.1) is 0 Å². The Bertz CT molecular complexity index is 209. The lowest BCUT2D eigenvalue weighted by Gasteiger charge is -1.98. The van der Waals surface area contributed by atoms with E-state index in [1.165, 1.54) is 6.39 Å². The molecule has 1 rings (SSSR count).